The number of nitrogens with one attached hydrogen (secondary N) is 6. The maximum Gasteiger partial charge on any atom is 0.337 e. The van der Waals surface area contributed by atoms with Gasteiger partial charge in [0.15, 0.2) is 0 Å². The lowest BCUT2D eigenvalue weighted by molar-refractivity contribution is -0.117. The van der Waals surface area contributed by atoms with Crippen LogP contribution in [-0.2, 0) is 19.1 Å². The minimum Gasteiger partial charge on any atom is -0.465 e. The Morgan fingerprint density at radius 1 is 0.562 bits per heavy atom. The maximum absolute atomic E-state index is 12.7. The maximum atomic E-state index is 12.7. The summed E-state index contributed by atoms with van der Waals surface area (Å²) >= 11 is 0. The molecule has 0 aliphatic carbocycles. The normalized spacial score (nSPS) is 11.0. The predicted molar refractivity (Wildman–Crippen MR) is 178 cm³/mol. The van der Waals surface area contributed by atoms with Crippen LogP contribution in [0, 0.1) is 0 Å². The third-order valence-corrected chi connectivity index (χ3v) is 7.70. The van der Waals surface area contributed by atoms with E-state index in [1.807, 2.05) is 0 Å². The summed E-state index contributed by atoms with van der Waals surface area (Å²) in [6.45, 7) is 3.66. The van der Waals surface area contributed by atoms with Crippen molar-refractivity contribution in [2.75, 3.05) is 53.5 Å². The van der Waals surface area contributed by atoms with Crippen LogP contribution in [0.2, 0.25) is 0 Å². The Kier molecular flexibility index (Phi) is 13.0. The quantitative estimate of drug-likeness (QED) is 0.0375. The molecule has 0 aliphatic heterocycles. The van der Waals surface area contributed by atoms with Gasteiger partial charge in [-0.3, -0.25) is 19.2 Å². The molecule has 0 radical (unpaired) electrons. The van der Waals surface area contributed by atoms with Crippen molar-refractivity contribution in [3.8, 4) is 0 Å². The van der Waals surface area contributed by atoms with Crippen LogP contribution in [0.3, 0.4) is 0 Å². The van der Waals surface area contributed by atoms with Crippen LogP contribution in [0.4, 0.5) is 0 Å². The van der Waals surface area contributed by atoms with E-state index >= 15 is 0 Å². The van der Waals surface area contributed by atoms with Gasteiger partial charge < -0.3 is 40.7 Å². The summed E-state index contributed by atoms with van der Waals surface area (Å²) in [6.07, 6.45) is 6.12. The summed E-state index contributed by atoms with van der Waals surface area (Å²) in [5.41, 5.74) is 2.24. The fourth-order valence-electron chi connectivity index (χ4n) is 5.09. The Morgan fingerprint density at radius 2 is 0.958 bits per heavy atom. The van der Waals surface area contributed by atoms with Crippen LogP contribution in [0.1, 0.15) is 67.1 Å². The van der Waals surface area contributed by atoms with Gasteiger partial charge in [-0.25, -0.2) is 9.59 Å². The highest BCUT2D eigenvalue weighted by Gasteiger charge is 2.22. The average Bonchev–Trinajstić information content (AvgIpc) is 3.74. The molecule has 6 N–H and O–H groups in total. The van der Waals surface area contributed by atoms with Gasteiger partial charge in [-0.1, -0.05) is 0 Å². The van der Waals surface area contributed by atoms with E-state index in [2.05, 4.69) is 31.2 Å². The first-order chi connectivity index (χ1) is 23.2. The number of ether oxygens (including phenoxy) is 2. The molecule has 0 saturated heterocycles. The van der Waals surface area contributed by atoms with Crippen LogP contribution < -0.4 is 21.3 Å². The number of aromatic amines is 2. The molecule has 4 rings (SSSR count). The number of ketones is 2. The number of methoxy groups -OCH3 is 2. The lowest BCUT2D eigenvalue weighted by atomic mass is 10.1. The van der Waals surface area contributed by atoms with Gasteiger partial charge >= 0.3 is 11.9 Å². The average molecular weight is 661 g/mol. The van der Waals surface area contributed by atoms with Crippen molar-refractivity contribution in [1.29, 1.82) is 0 Å². The number of fused-ring (bicyclic) bond motifs is 2. The standard InChI is InChI=1S/C34H40N6O8/c1-47-33(45)21-7-9-27-23(17-21)25(19-39-27)29(41)31(43)37-15-5-13-35-11-3-4-12-36-14-6-16-38-32(44)30(42)26-20-40-28-10-8-22(18-24(26)28)34(46)48-2/h7-10,17-20,35-36,39-40H,3-6,11-16H2,1-2H3,(H,37,43)(H,38,44). The van der Waals surface area contributed by atoms with E-state index in [0.717, 1.165) is 25.9 Å². The number of carbonyl (C=O) groups is 6. The lowest BCUT2D eigenvalue weighted by Gasteiger charge is -2.08. The van der Waals surface area contributed by atoms with Crippen molar-refractivity contribution in [2.24, 2.45) is 0 Å². The van der Waals surface area contributed by atoms with Crippen LogP contribution >= 0.6 is 0 Å². The molecule has 0 saturated carbocycles. The first kappa shape index (κ1) is 35.5. The molecule has 4 aromatic rings. The van der Waals surface area contributed by atoms with E-state index in [4.69, 9.17) is 9.47 Å². The molecule has 0 fully saturated rings. The zero-order valence-corrected chi connectivity index (χ0v) is 27.0. The molecule has 14 heteroatoms. The molecule has 254 valence electrons. The molecule has 14 nitrogen and oxygen atoms in total. The number of hydrogen-bond acceptors (Lipinski definition) is 10. The minimum atomic E-state index is -0.707. The number of unbranched alkanes of at least 4 members (excludes halogenated alkanes) is 1. The van der Waals surface area contributed by atoms with Crippen molar-refractivity contribution < 1.29 is 38.2 Å². The SMILES string of the molecule is COC(=O)c1ccc2[nH]cc(C(=O)C(=O)NCCCNCCCCNCCCNC(=O)C(=O)c3c[nH]c4ccc(C(=O)OC)cc34)c2c1. The Bertz CT molecular complexity index is 1660. The number of rotatable bonds is 19. The third kappa shape index (κ3) is 9.14. The summed E-state index contributed by atoms with van der Waals surface area (Å²) in [6, 6.07) is 9.54. The first-order valence-electron chi connectivity index (χ1n) is 15.7. The molecule has 2 aromatic heterocycles. The van der Waals surface area contributed by atoms with Gasteiger partial charge in [0.1, 0.15) is 0 Å². The topological polar surface area (TPSA) is 201 Å². The van der Waals surface area contributed by atoms with E-state index in [0.29, 0.717) is 72.0 Å². The van der Waals surface area contributed by atoms with Gasteiger partial charge in [0, 0.05) is 47.3 Å². The largest absolute Gasteiger partial charge is 0.465 e. The van der Waals surface area contributed by atoms with Crippen molar-refractivity contribution in [1.82, 2.24) is 31.2 Å². The number of Topliss-reactive ketones (excluding diaryl/α,β-unsaturated/α-hetero) is 2. The van der Waals surface area contributed by atoms with E-state index in [1.54, 1.807) is 24.3 Å². The molecule has 0 atom stereocenters. The summed E-state index contributed by atoms with van der Waals surface area (Å²) < 4.78 is 9.45. The molecule has 2 amide bonds. The summed E-state index contributed by atoms with van der Waals surface area (Å²) in [7, 11) is 2.55. The van der Waals surface area contributed by atoms with Crippen molar-refractivity contribution >= 4 is 57.1 Å². The van der Waals surface area contributed by atoms with Crippen molar-refractivity contribution in [3.05, 3.63) is 71.0 Å². The molecule has 2 aromatic carbocycles. The van der Waals surface area contributed by atoms with Crippen LogP contribution in [0.15, 0.2) is 48.8 Å². The van der Waals surface area contributed by atoms with Gasteiger partial charge in [-0.05, 0) is 88.3 Å². The summed E-state index contributed by atoms with van der Waals surface area (Å²) in [4.78, 5) is 79.7. The number of hydrogen-bond donors (Lipinski definition) is 6. The molecule has 2 heterocycles. The highest BCUT2D eigenvalue weighted by atomic mass is 16.5. The fraction of sp³-hybridized carbons (Fsp3) is 0.353. The molecule has 0 aliphatic rings. The summed E-state index contributed by atoms with van der Waals surface area (Å²) in [5.74, 6) is -3.83. The number of H-pyrrole nitrogens is 2. The number of aromatic nitrogens is 2. The Balaban J connectivity index is 1.01. The Hall–Kier alpha value is -5.34. The van der Waals surface area contributed by atoms with Crippen LogP contribution in [0.5, 0.6) is 0 Å². The Labute approximate surface area is 276 Å². The highest BCUT2D eigenvalue weighted by molar-refractivity contribution is 6.45. The monoisotopic (exact) mass is 660 g/mol. The summed E-state index contributed by atoms with van der Waals surface area (Å²) in [5, 5.41) is 12.9. The molecular formula is C34H40N6O8. The molecule has 0 bridgehead atoms. The van der Waals surface area contributed by atoms with Gasteiger partial charge in [0.2, 0.25) is 0 Å². The van der Waals surface area contributed by atoms with Gasteiger partial charge in [-0.2, -0.15) is 0 Å². The number of esters is 2. The second-order valence-corrected chi connectivity index (χ2v) is 11.0. The molecule has 48 heavy (non-hydrogen) atoms. The fourth-order valence-corrected chi connectivity index (χ4v) is 5.09. The molecule has 0 unspecified atom stereocenters. The number of carbonyl (C=O) groups excluding carboxylic acids is 6. The minimum absolute atomic E-state index is 0.194. The number of amides is 2. The van der Waals surface area contributed by atoms with Crippen molar-refractivity contribution in [3.63, 3.8) is 0 Å². The Morgan fingerprint density at radius 3 is 1.35 bits per heavy atom. The second kappa shape index (κ2) is 17.5. The first-order valence-corrected chi connectivity index (χ1v) is 15.7. The van der Waals surface area contributed by atoms with Crippen molar-refractivity contribution in [2.45, 2.75) is 25.7 Å². The predicted octanol–water partition coefficient (Wildman–Crippen LogP) is 2.26. The smallest absolute Gasteiger partial charge is 0.337 e. The zero-order chi connectivity index (χ0) is 34.5. The molecule has 0 spiro atoms. The number of benzene rings is 2. The van der Waals surface area contributed by atoms with Crippen LogP contribution in [0.25, 0.3) is 21.8 Å². The zero-order valence-electron chi connectivity index (χ0n) is 27.0. The van der Waals surface area contributed by atoms with Gasteiger partial charge in [0.25, 0.3) is 23.4 Å². The van der Waals surface area contributed by atoms with E-state index in [1.165, 1.54) is 38.7 Å². The lowest BCUT2D eigenvalue weighted by Crippen LogP contribution is -2.33. The second-order valence-electron chi connectivity index (χ2n) is 11.0. The van der Waals surface area contributed by atoms with Crippen LogP contribution in [-0.4, -0.2) is 98.8 Å². The van der Waals surface area contributed by atoms with E-state index < -0.39 is 35.3 Å². The third-order valence-electron chi connectivity index (χ3n) is 7.70. The van der Waals surface area contributed by atoms with E-state index in [9.17, 15) is 28.8 Å². The highest BCUT2D eigenvalue weighted by Crippen LogP contribution is 2.22. The van der Waals surface area contributed by atoms with E-state index in [-0.39, 0.29) is 11.1 Å². The van der Waals surface area contributed by atoms with Gasteiger partial charge in [0.05, 0.1) is 36.5 Å². The molecular weight excluding hydrogens is 620 g/mol. The van der Waals surface area contributed by atoms with Gasteiger partial charge in [-0.15, -0.1) is 0 Å².